The van der Waals surface area contributed by atoms with Crippen molar-refractivity contribution >= 4 is 27.3 Å². The molecule has 4 rings (SSSR count). The molecule has 1 atom stereocenters. The third-order valence-corrected chi connectivity index (χ3v) is 5.46. The largest absolute Gasteiger partial charge is 0.497 e. The van der Waals surface area contributed by atoms with Crippen LogP contribution in [0.25, 0.3) is 0 Å². The third-order valence-electron chi connectivity index (χ3n) is 4.85. The van der Waals surface area contributed by atoms with Crippen LogP contribution >= 0.6 is 0 Å². The van der Waals surface area contributed by atoms with Gasteiger partial charge in [0.25, 0.3) is 0 Å². The van der Waals surface area contributed by atoms with Gasteiger partial charge in [-0.3, -0.25) is 9.52 Å². The lowest BCUT2D eigenvalue weighted by Crippen LogP contribution is -2.26. The van der Waals surface area contributed by atoms with Gasteiger partial charge in [-0.05, 0) is 47.5 Å². The Morgan fingerprint density at radius 2 is 1.94 bits per heavy atom. The lowest BCUT2D eigenvalue weighted by molar-refractivity contribution is 0.0678. The number of amides is 1. The van der Waals surface area contributed by atoms with E-state index in [0.717, 1.165) is 17.4 Å². The fourth-order valence-electron chi connectivity index (χ4n) is 3.45. The van der Waals surface area contributed by atoms with Gasteiger partial charge in [-0.1, -0.05) is 24.3 Å². The summed E-state index contributed by atoms with van der Waals surface area (Å²) in [6, 6.07) is 17.3. The second kappa shape index (κ2) is 8.27. The number of anilines is 1. The number of nitrogens with one attached hydrogen (secondary N) is 1. The summed E-state index contributed by atoms with van der Waals surface area (Å²) >= 11 is 0. The minimum atomic E-state index is -3.41. The highest BCUT2D eigenvalue weighted by Crippen LogP contribution is 2.35. The number of carbonyl (C=O) groups is 1. The van der Waals surface area contributed by atoms with Gasteiger partial charge in [-0.2, -0.15) is 5.10 Å². The Morgan fingerprint density at radius 3 is 2.58 bits per heavy atom. The van der Waals surface area contributed by atoms with Gasteiger partial charge in [0.05, 0.1) is 31.4 Å². The first kappa shape index (κ1) is 20.7. The molecule has 3 aromatic rings. The molecule has 9 heteroatoms. The summed E-state index contributed by atoms with van der Waals surface area (Å²) in [5.74, 6) is 0.550. The number of sulfonamides is 1. The first-order valence-corrected chi connectivity index (χ1v) is 11.4. The minimum Gasteiger partial charge on any atom is -0.497 e. The Bertz CT molecular complexity index is 1220. The number of benzene rings is 2. The average Bonchev–Trinajstić information content (AvgIpc) is 3.43. The molecule has 0 bridgehead atoms. The molecule has 1 aromatic heterocycles. The highest BCUT2D eigenvalue weighted by molar-refractivity contribution is 7.92. The summed E-state index contributed by atoms with van der Waals surface area (Å²) in [6.07, 6.45) is 2.99. The summed E-state index contributed by atoms with van der Waals surface area (Å²) in [5.41, 5.74) is 2.71. The monoisotopic (exact) mass is 439 g/mol. The molecule has 1 unspecified atom stereocenters. The van der Waals surface area contributed by atoms with Crippen LogP contribution < -0.4 is 9.46 Å². The zero-order chi connectivity index (χ0) is 22.0. The van der Waals surface area contributed by atoms with Crippen molar-refractivity contribution in [2.75, 3.05) is 18.1 Å². The molecule has 2 aromatic carbocycles. The van der Waals surface area contributed by atoms with E-state index < -0.39 is 10.0 Å². The molecular formula is C22H21N3O5S. The fraction of sp³-hybridized carbons (Fsp3) is 0.182. The van der Waals surface area contributed by atoms with Crippen molar-refractivity contribution in [1.29, 1.82) is 0 Å². The van der Waals surface area contributed by atoms with Crippen LogP contribution in [0, 0.1) is 0 Å². The molecule has 0 saturated carbocycles. The van der Waals surface area contributed by atoms with E-state index in [1.165, 1.54) is 11.3 Å². The van der Waals surface area contributed by atoms with Crippen LogP contribution in [0.2, 0.25) is 0 Å². The predicted octanol–water partition coefficient (Wildman–Crippen LogP) is 3.65. The van der Waals surface area contributed by atoms with Crippen molar-refractivity contribution in [3.63, 3.8) is 0 Å². The van der Waals surface area contributed by atoms with Crippen molar-refractivity contribution in [3.8, 4) is 5.75 Å². The number of ether oxygens (including phenoxy) is 1. The number of hydrogen-bond acceptors (Lipinski definition) is 6. The van der Waals surface area contributed by atoms with Crippen LogP contribution in [0.5, 0.6) is 5.75 Å². The summed E-state index contributed by atoms with van der Waals surface area (Å²) in [7, 11) is -1.82. The van der Waals surface area contributed by atoms with Crippen LogP contribution in [0.3, 0.4) is 0 Å². The minimum absolute atomic E-state index is 0.191. The van der Waals surface area contributed by atoms with Crippen molar-refractivity contribution < 1.29 is 22.4 Å². The topological polar surface area (TPSA) is 101 Å². The first-order valence-electron chi connectivity index (χ1n) is 9.51. The number of furan rings is 1. The van der Waals surface area contributed by atoms with E-state index in [2.05, 4.69) is 9.82 Å². The predicted molar refractivity (Wildman–Crippen MR) is 117 cm³/mol. The average molecular weight is 439 g/mol. The maximum atomic E-state index is 13.1. The summed E-state index contributed by atoms with van der Waals surface area (Å²) < 4.78 is 36.1. The number of carbonyl (C=O) groups excluding carboxylic acids is 1. The Balaban J connectivity index is 1.70. The van der Waals surface area contributed by atoms with E-state index in [1.54, 1.807) is 37.4 Å². The van der Waals surface area contributed by atoms with Gasteiger partial charge in [0.1, 0.15) is 5.75 Å². The molecule has 0 aliphatic carbocycles. The van der Waals surface area contributed by atoms with Gasteiger partial charge in [-0.25, -0.2) is 13.4 Å². The molecule has 160 valence electrons. The van der Waals surface area contributed by atoms with E-state index in [9.17, 15) is 13.2 Å². The zero-order valence-corrected chi connectivity index (χ0v) is 17.8. The first-order chi connectivity index (χ1) is 14.8. The van der Waals surface area contributed by atoms with Crippen LogP contribution in [0.15, 0.2) is 76.4 Å². The molecule has 1 aliphatic rings. The van der Waals surface area contributed by atoms with E-state index in [4.69, 9.17) is 9.15 Å². The van der Waals surface area contributed by atoms with Crippen LogP contribution in [0.1, 0.15) is 34.1 Å². The smallest absolute Gasteiger partial charge is 0.310 e. The molecular weight excluding hydrogens is 418 g/mol. The zero-order valence-electron chi connectivity index (χ0n) is 17.0. The molecule has 31 heavy (non-hydrogen) atoms. The second-order valence-corrected chi connectivity index (χ2v) is 8.87. The lowest BCUT2D eigenvalue weighted by atomic mass is 9.98. The van der Waals surface area contributed by atoms with Gasteiger partial charge in [0.15, 0.2) is 5.76 Å². The van der Waals surface area contributed by atoms with Crippen molar-refractivity contribution in [2.24, 2.45) is 5.10 Å². The van der Waals surface area contributed by atoms with Crippen LogP contribution in [-0.2, 0) is 10.0 Å². The number of nitrogens with zero attached hydrogens (tertiary/aromatic N) is 2. The summed E-state index contributed by atoms with van der Waals surface area (Å²) in [5, 5.41) is 5.99. The maximum Gasteiger partial charge on any atom is 0.310 e. The highest BCUT2D eigenvalue weighted by Gasteiger charge is 2.34. The molecule has 8 nitrogen and oxygen atoms in total. The van der Waals surface area contributed by atoms with Gasteiger partial charge in [0, 0.05) is 12.1 Å². The quantitative estimate of drug-likeness (QED) is 0.632. The standard InChI is InChI=1S/C22H21N3O5S/c1-29-18-10-8-15(9-11-18)20-14-19(23-25(20)22(26)21-7-4-12-30-21)16-5-3-6-17(13-16)24-31(2,27)28/h3-13,20,24H,14H2,1-2H3. The van der Waals surface area contributed by atoms with Crippen LogP contribution in [0.4, 0.5) is 5.69 Å². The third kappa shape index (κ3) is 4.61. The molecule has 0 spiro atoms. The molecule has 0 fully saturated rings. The van der Waals surface area contributed by atoms with Gasteiger partial charge in [0.2, 0.25) is 10.0 Å². The van der Waals surface area contributed by atoms with E-state index >= 15 is 0 Å². The Labute approximate surface area is 180 Å². The highest BCUT2D eigenvalue weighted by atomic mass is 32.2. The summed E-state index contributed by atoms with van der Waals surface area (Å²) in [4.78, 5) is 13.1. The number of rotatable bonds is 6. The van der Waals surface area contributed by atoms with Gasteiger partial charge >= 0.3 is 5.91 Å². The van der Waals surface area contributed by atoms with Crippen molar-refractivity contribution in [2.45, 2.75) is 12.5 Å². The normalized spacial score (nSPS) is 16.1. The van der Waals surface area contributed by atoms with E-state index in [0.29, 0.717) is 23.6 Å². The van der Waals surface area contributed by atoms with E-state index in [-0.39, 0.29) is 17.7 Å². The van der Waals surface area contributed by atoms with Crippen molar-refractivity contribution in [3.05, 3.63) is 83.8 Å². The maximum absolute atomic E-state index is 13.1. The Morgan fingerprint density at radius 1 is 1.16 bits per heavy atom. The molecule has 1 N–H and O–H groups in total. The second-order valence-electron chi connectivity index (χ2n) is 7.12. The van der Waals surface area contributed by atoms with Gasteiger partial charge in [-0.15, -0.1) is 0 Å². The lowest BCUT2D eigenvalue weighted by Gasteiger charge is -2.21. The molecule has 1 aliphatic heterocycles. The molecule has 0 radical (unpaired) electrons. The number of hydrogen-bond donors (Lipinski definition) is 1. The number of hydrazone groups is 1. The van der Waals surface area contributed by atoms with Gasteiger partial charge < -0.3 is 9.15 Å². The number of methoxy groups -OCH3 is 1. The SMILES string of the molecule is COc1ccc(C2CC(c3cccc(NS(C)(=O)=O)c3)=NN2C(=O)c2ccco2)cc1. The Kier molecular flexibility index (Phi) is 5.51. The van der Waals surface area contributed by atoms with Crippen molar-refractivity contribution in [1.82, 2.24) is 5.01 Å². The molecule has 0 saturated heterocycles. The molecule has 1 amide bonds. The summed E-state index contributed by atoms with van der Waals surface area (Å²) in [6.45, 7) is 0. The molecule has 2 heterocycles. The van der Waals surface area contributed by atoms with Crippen LogP contribution in [-0.4, -0.2) is 38.4 Å². The van der Waals surface area contributed by atoms with E-state index in [1.807, 2.05) is 30.3 Å². The Hall–Kier alpha value is -3.59. The fourth-order valence-corrected chi connectivity index (χ4v) is 4.00.